The zero-order valence-corrected chi connectivity index (χ0v) is 54.8. The van der Waals surface area contributed by atoms with Gasteiger partial charge in [-0.1, -0.05) is 270 Å². The van der Waals surface area contributed by atoms with Crippen LogP contribution in [-0.4, -0.2) is 74.3 Å². The van der Waals surface area contributed by atoms with Crippen molar-refractivity contribution in [2.24, 2.45) is 0 Å². The van der Waals surface area contributed by atoms with E-state index in [1.54, 1.807) is 0 Å². The number of phosphoric ester groups is 1. The maximum absolute atomic E-state index is 13.5. The van der Waals surface area contributed by atoms with Crippen LogP contribution in [0.5, 0.6) is 0 Å². The Balaban J connectivity index is 5.31. The van der Waals surface area contributed by atoms with Crippen molar-refractivity contribution in [1.82, 2.24) is 5.32 Å². The molecule has 83 heavy (non-hydrogen) atoms. The fourth-order valence-corrected chi connectivity index (χ4v) is 9.49. The summed E-state index contributed by atoms with van der Waals surface area (Å²) in [5.41, 5.74) is 0. The van der Waals surface area contributed by atoms with Crippen molar-refractivity contribution in [3.05, 3.63) is 146 Å². The quantitative estimate of drug-likeness (QED) is 0.0205. The topological polar surface area (TPSA) is 111 Å². The van der Waals surface area contributed by atoms with Crippen molar-refractivity contribution in [3.63, 3.8) is 0 Å². The van der Waals surface area contributed by atoms with Crippen LogP contribution >= 0.6 is 7.82 Å². The first-order chi connectivity index (χ1) is 40.4. The second kappa shape index (κ2) is 61.0. The molecule has 0 spiro atoms. The maximum atomic E-state index is 13.5. The molecule has 0 heterocycles. The van der Waals surface area contributed by atoms with E-state index in [0.29, 0.717) is 23.9 Å². The third kappa shape index (κ3) is 62.2. The summed E-state index contributed by atoms with van der Waals surface area (Å²) in [6.45, 7) is 6.71. The van der Waals surface area contributed by atoms with E-state index < -0.39 is 20.0 Å². The van der Waals surface area contributed by atoms with Crippen LogP contribution in [0.15, 0.2) is 146 Å². The minimum Gasteiger partial charge on any atom is -0.456 e. The highest BCUT2D eigenvalue weighted by atomic mass is 31.2. The SMILES string of the molecule is CC/C=C\C/C=C\C/C=C\C/C=C\C/C=C\C/C=C\CCC(=O)NC(COP(=O)(O)OCC[N+](C)(C)C)C(/C=C\CCCCCCCCCCCCC)OC(=O)CCCCCCCCCCC/C=C\C/C=C\C/C=C\C/C=C\C/C=C\CC. The third-order valence-corrected chi connectivity index (χ3v) is 14.8. The summed E-state index contributed by atoms with van der Waals surface area (Å²) < 4.78 is 30.7. The molecule has 0 aliphatic heterocycles. The number of ether oxygens (including phenoxy) is 1. The number of amides is 1. The summed E-state index contributed by atoms with van der Waals surface area (Å²) in [6.07, 6.45) is 88.7. The predicted octanol–water partition coefficient (Wildman–Crippen LogP) is 21.0. The van der Waals surface area contributed by atoms with Gasteiger partial charge in [-0.15, -0.1) is 0 Å². The Morgan fingerprint density at radius 3 is 1.18 bits per heavy atom. The van der Waals surface area contributed by atoms with Crippen LogP contribution in [0.3, 0.4) is 0 Å². The summed E-state index contributed by atoms with van der Waals surface area (Å²) in [6, 6.07) is -0.903. The van der Waals surface area contributed by atoms with E-state index in [1.165, 1.54) is 89.9 Å². The van der Waals surface area contributed by atoms with Gasteiger partial charge in [0, 0.05) is 12.8 Å². The number of nitrogens with one attached hydrogen (secondary N) is 1. The van der Waals surface area contributed by atoms with Gasteiger partial charge in [0.05, 0.1) is 33.8 Å². The summed E-state index contributed by atoms with van der Waals surface area (Å²) in [5, 5.41) is 3.01. The minimum atomic E-state index is -4.48. The lowest BCUT2D eigenvalue weighted by molar-refractivity contribution is -0.870. The predicted molar refractivity (Wildman–Crippen MR) is 359 cm³/mol. The molecule has 472 valence electrons. The molecule has 0 fully saturated rings. The third-order valence-electron chi connectivity index (χ3n) is 13.8. The fourth-order valence-electron chi connectivity index (χ4n) is 8.75. The standard InChI is InChI=1S/C73H123N2O7P/c1-7-10-13-16-19-22-25-28-30-32-34-35-36-37-38-39-41-43-45-48-51-54-57-60-63-66-73(77)82-71(64-61-58-55-52-49-46-27-24-21-18-15-12-9-3)70(69-81-83(78,79)80-68-67-75(4,5)6)74-72(76)65-62-59-56-53-50-47-44-42-40-33-31-29-26-23-20-17-14-11-8-2/h10-11,13-14,19-20,22-23,28-31,34-35,37-38,40,42,47,50,56,59,61,64,70-71H,7-9,12,15-18,21,24-27,32-33,36,39,41,43-46,48-49,51-55,57-58,60,62-63,65-69H2,1-6H3,(H-,74,76,78,79)/p+1/b13-10-,14-11-,22-19-,23-20-,30-28-,31-29-,35-34-,38-37-,42-40-,50-47-,59-56-,64-61-. The maximum Gasteiger partial charge on any atom is 0.472 e. The van der Waals surface area contributed by atoms with E-state index >= 15 is 0 Å². The average molecular weight is 1170 g/mol. The van der Waals surface area contributed by atoms with Crippen LogP contribution in [0.4, 0.5) is 0 Å². The zero-order chi connectivity index (χ0) is 60.7. The van der Waals surface area contributed by atoms with Crippen molar-refractivity contribution in [2.45, 2.75) is 264 Å². The van der Waals surface area contributed by atoms with Gasteiger partial charge in [0.25, 0.3) is 0 Å². The number of phosphoric acid groups is 1. The number of quaternary nitrogens is 1. The molecule has 0 aliphatic carbocycles. The van der Waals surface area contributed by atoms with Crippen molar-refractivity contribution in [3.8, 4) is 0 Å². The van der Waals surface area contributed by atoms with Gasteiger partial charge in [-0.25, -0.2) is 4.57 Å². The molecule has 0 aromatic heterocycles. The zero-order valence-electron chi connectivity index (χ0n) is 53.9. The summed E-state index contributed by atoms with van der Waals surface area (Å²) in [4.78, 5) is 37.8. The van der Waals surface area contributed by atoms with Crippen LogP contribution in [0.1, 0.15) is 252 Å². The van der Waals surface area contributed by atoms with E-state index in [2.05, 4.69) is 154 Å². The lowest BCUT2D eigenvalue weighted by atomic mass is 10.0. The number of likely N-dealkylation sites (N-methyl/N-ethyl adjacent to an activating group) is 1. The molecule has 0 bridgehead atoms. The molecule has 0 saturated heterocycles. The second-order valence-electron chi connectivity index (χ2n) is 22.9. The molecule has 0 radical (unpaired) electrons. The van der Waals surface area contributed by atoms with E-state index in [4.69, 9.17) is 13.8 Å². The second-order valence-corrected chi connectivity index (χ2v) is 24.3. The Morgan fingerprint density at radius 1 is 0.434 bits per heavy atom. The van der Waals surface area contributed by atoms with Crippen LogP contribution < -0.4 is 5.32 Å². The van der Waals surface area contributed by atoms with Gasteiger partial charge in [0.1, 0.15) is 19.3 Å². The lowest BCUT2D eigenvalue weighted by Crippen LogP contribution is -2.47. The van der Waals surface area contributed by atoms with Gasteiger partial charge in [-0.05, 0) is 115 Å². The number of hydrogen-bond acceptors (Lipinski definition) is 6. The average Bonchev–Trinajstić information content (AvgIpc) is 3.47. The van der Waals surface area contributed by atoms with Crippen molar-refractivity contribution < 1.29 is 37.3 Å². The largest absolute Gasteiger partial charge is 0.472 e. The molecule has 3 unspecified atom stereocenters. The van der Waals surface area contributed by atoms with Crippen LogP contribution in [-0.2, 0) is 27.9 Å². The Bertz CT molecular complexity index is 1930. The number of hydrogen-bond donors (Lipinski definition) is 2. The van der Waals surface area contributed by atoms with Crippen LogP contribution in [0, 0.1) is 0 Å². The van der Waals surface area contributed by atoms with Gasteiger partial charge in [0.2, 0.25) is 5.91 Å². The van der Waals surface area contributed by atoms with Crippen LogP contribution in [0.2, 0.25) is 0 Å². The van der Waals surface area contributed by atoms with Gasteiger partial charge in [-0.3, -0.25) is 18.6 Å². The van der Waals surface area contributed by atoms with Gasteiger partial charge >= 0.3 is 13.8 Å². The summed E-state index contributed by atoms with van der Waals surface area (Å²) in [5.74, 6) is -0.618. The number of rotatable bonds is 58. The molecule has 0 aromatic rings. The van der Waals surface area contributed by atoms with E-state index in [1.807, 2.05) is 39.4 Å². The molecule has 3 atom stereocenters. The molecular formula is C73H124N2O7P+. The molecule has 2 N–H and O–H groups in total. The number of allylic oxidation sites excluding steroid dienone is 23. The van der Waals surface area contributed by atoms with E-state index in [-0.39, 0.29) is 37.9 Å². The van der Waals surface area contributed by atoms with Crippen molar-refractivity contribution in [2.75, 3.05) is 40.9 Å². The Morgan fingerprint density at radius 2 is 0.783 bits per heavy atom. The minimum absolute atomic E-state index is 0.0178. The smallest absolute Gasteiger partial charge is 0.456 e. The molecule has 0 rings (SSSR count). The molecule has 0 aromatic carbocycles. The highest BCUT2D eigenvalue weighted by molar-refractivity contribution is 7.47. The van der Waals surface area contributed by atoms with Gasteiger partial charge < -0.3 is 19.4 Å². The molecule has 0 saturated carbocycles. The first-order valence-electron chi connectivity index (χ1n) is 33.2. The molecule has 10 heteroatoms. The lowest BCUT2D eigenvalue weighted by Gasteiger charge is -2.27. The Kier molecular flexibility index (Phi) is 58.0. The van der Waals surface area contributed by atoms with Crippen molar-refractivity contribution in [1.29, 1.82) is 0 Å². The molecule has 9 nitrogen and oxygen atoms in total. The van der Waals surface area contributed by atoms with Crippen molar-refractivity contribution >= 4 is 19.7 Å². The fraction of sp³-hybridized carbons (Fsp3) is 0.644. The van der Waals surface area contributed by atoms with Gasteiger partial charge in [-0.2, -0.15) is 0 Å². The molecule has 1 amide bonds. The normalized spacial score (nSPS) is 14.5. The van der Waals surface area contributed by atoms with E-state index in [9.17, 15) is 19.0 Å². The first kappa shape index (κ1) is 78.9. The molecular weight excluding hydrogens is 1050 g/mol. The number of nitrogens with zero attached hydrogens (tertiary/aromatic N) is 1. The number of carbonyl (C=O) groups is 2. The van der Waals surface area contributed by atoms with E-state index in [0.717, 1.165) is 116 Å². The number of unbranched alkanes of at least 4 members (excludes halogenated alkanes) is 20. The summed E-state index contributed by atoms with van der Waals surface area (Å²) in [7, 11) is 1.43. The highest BCUT2D eigenvalue weighted by Crippen LogP contribution is 2.43. The highest BCUT2D eigenvalue weighted by Gasteiger charge is 2.30. The summed E-state index contributed by atoms with van der Waals surface area (Å²) >= 11 is 0. The number of carbonyl (C=O) groups excluding carboxylic acids is 2. The number of esters is 1. The first-order valence-corrected chi connectivity index (χ1v) is 34.7. The Hall–Kier alpha value is -4.11. The Labute approximate surface area is 510 Å². The monoisotopic (exact) mass is 1170 g/mol. The molecule has 0 aliphatic rings. The van der Waals surface area contributed by atoms with Gasteiger partial charge in [0.15, 0.2) is 0 Å². The van der Waals surface area contributed by atoms with Crippen LogP contribution in [0.25, 0.3) is 0 Å².